The van der Waals surface area contributed by atoms with Crippen molar-refractivity contribution in [1.82, 2.24) is 15.5 Å². The zero-order valence-corrected chi connectivity index (χ0v) is 19.6. The second-order valence-electron chi connectivity index (χ2n) is 6.52. The summed E-state index contributed by atoms with van der Waals surface area (Å²) in [5.41, 5.74) is 1.15. The van der Waals surface area contributed by atoms with E-state index in [0.717, 1.165) is 55.5 Å². The second kappa shape index (κ2) is 12.7. The summed E-state index contributed by atoms with van der Waals surface area (Å²) in [6.45, 7) is 6.97. The van der Waals surface area contributed by atoms with Crippen LogP contribution in [0.4, 0.5) is 0 Å². The molecule has 1 saturated heterocycles. The number of methoxy groups -OCH3 is 2. The van der Waals surface area contributed by atoms with Crippen molar-refractivity contribution in [2.75, 3.05) is 40.4 Å². The van der Waals surface area contributed by atoms with Crippen LogP contribution in [0.1, 0.15) is 32.3 Å². The first-order chi connectivity index (χ1) is 13.1. The van der Waals surface area contributed by atoms with Gasteiger partial charge in [-0.25, -0.2) is 0 Å². The lowest BCUT2D eigenvalue weighted by Gasteiger charge is -2.18. The van der Waals surface area contributed by atoms with Crippen molar-refractivity contribution in [1.29, 1.82) is 0 Å². The fourth-order valence-electron chi connectivity index (χ4n) is 3.17. The first-order valence-electron chi connectivity index (χ1n) is 9.64. The zero-order valence-electron chi connectivity index (χ0n) is 17.3. The van der Waals surface area contributed by atoms with Gasteiger partial charge in [-0.05, 0) is 37.5 Å². The minimum Gasteiger partial charge on any atom is -0.493 e. The Morgan fingerprint density at radius 3 is 2.64 bits per heavy atom. The molecule has 158 valence electrons. The molecule has 2 N–H and O–H groups in total. The number of carbonyl (C=O) groups excluding carboxylic acids is 1. The van der Waals surface area contributed by atoms with Crippen LogP contribution in [-0.2, 0) is 11.2 Å². The maximum Gasteiger partial charge on any atom is 0.222 e. The van der Waals surface area contributed by atoms with Crippen LogP contribution in [0.5, 0.6) is 11.5 Å². The van der Waals surface area contributed by atoms with Crippen LogP contribution in [0.2, 0.25) is 0 Å². The molecule has 1 aromatic rings. The number of ether oxygens (including phenoxy) is 2. The predicted molar refractivity (Wildman–Crippen MR) is 123 cm³/mol. The van der Waals surface area contributed by atoms with Gasteiger partial charge in [-0.15, -0.1) is 24.0 Å². The van der Waals surface area contributed by atoms with Gasteiger partial charge >= 0.3 is 0 Å². The Bertz CT molecular complexity index is 654. The highest BCUT2D eigenvalue weighted by atomic mass is 127. The van der Waals surface area contributed by atoms with Crippen molar-refractivity contribution in [3.8, 4) is 11.5 Å². The van der Waals surface area contributed by atoms with E-state index in [0.29, 0.717) is 13.0 Å². The van der Waals surface area contributed by atoms with Crippen LogP contribution in [0.25, 0.3) is 0 Å². The van der Waals surface area contributed by atoms with Gasteiger partial charge in [-0.2, -0.15) is 0 Å². The van der Waals surface area contributed by atoms with E-state index in [4.69, 9.17) is 9.47 Å². The van der Waals surface area contributed by atoms with E-state index in [-0.39, 0.29) is 35.9 Å². The molecule has 0 radical (unpaired) electrons. The number of aliphatic imine (C=N–C) groups is 1. The van der Waals surface area contributed by atoms with Crippen molar-refractivity contribution in [2.24, 2.45) is 4.99 Å². The number of benzene rings is 1. The van der Waals surface area contributed by atoms with Gasteiger partial charge < -0.3 is 25.0 Å². The fraction of sp³-hybridized carbons (Fsp3) is 0.600. The van der Waals surface area contributed by atoms with Crippen LogP contribution in [0.3, 0.4) is 0 Å². The molecule has 8 heteroatoms. The molecule has 1 aliphatic rings. The van der Waals surface area contributed by atoms with Crippen LogP contribution in [0, 0.1) is 0 Å². The van der Waals surface area contributed by atoms with Gasteiger partial charge in [0.05, 0.1) is 14.2 Å². The van der Waals surface area contributed by atoms with E-state index in [2.05, 4.69) is 15.6 Å². The molecule has 0 bridgehead atoms. The summed E-state index contributed by atoms with van der Waals surface area (Å²) in [7, 11) is 3.27. The highest BCUT2D eigenvalue weighted by molar-refractivity contribution is 14.0. The van der Waals surface area contributed by atoms with Crippen molar-refractivity contribution < 1.29 is 14.3 Å². The third-order valence-corrected chi connectivity index (χ3v) is 4.65. The lowest BCUT2D eigenvalue weighted by atomic mass is 10.1. The average molecular weight is 504 g/mol. The Morgan fingerprint density at radius 1 is 1.25 bits per heavy atom. The number of nitrogens with one attached hydrogen (secondary N) is 2. The third kappa shape index (κ3) is 7.03. The molecule has 7 nitrogen and oxygen atoms in total. The monoisotopic (exact) mass is 504 g/mol. The first kappa shape index (κ1) is 24.3. The maximum atomic E-state index is 11.8. The summed E-state index contributed by atoms with van der Waals surface area (Å²) >= 11 is 0. The van der Waals surface area contributed by atoms with E-state index in [9.17, 15) is 4.79 Å². The third-order valence-electron chi connectivity index (χ3n) is 4.65. The largest absolute Gasteiger partial charge is 0.493 e. The second-order valence-corrected chi connectivity index (χ2v) is 6.52. The summed E-state index contributed by atoms with van der Waals surface area (Å²) in [5.74, 6) is 2.48. The molecule has 1 fully saturated rings. The number of amides is 1. The van der Waals surface area contributed by atoms with E-state index in [1.54, 1.807) is 14.2 Å². The van der Waals surface area contributed by atoms with Crippen LogP contribution < -0.4 is 20.1 Å². The molecule has 2 rings (SSSR count). The van der Waals surface area contributed by atoms with E-state index in [1.165, 1.54) is 0 Å². The van der Waals surface area contributed by atoms with Crippen molar-refractivity contribution >= 4 is 35.8 Å². The number of nitrogens with zero attached hydrogens (tertiary/aromatic N) is 2. The van der Waals surface area contributed by atoms with Crippen molar-refractivity contribution in [3.05, 3.63) is 23.8 Å². The van der Waals surface area contributed by atoms with Crippen molar-refractivity contribution in [2.45, 2.75) is 39.2 Å². The molecule has 1 aromatic carbocycles. The summed E-state index contributed by atoms with van der Waals surface area (Å²) in [6.07, 6.45) is 2.32. The molecular weight excluding hydrogens is 471 g/mol. The summed E-state index contributed by atoms with van der Waals surface area (Å²) in [6, 6.07) is 6.18. The number of guanidine groups is 1. The molecule has 0 aliphatic carbocycles. The van der Waals surface area contributed by atoms with Crippen LogP contribution >= 0.6 is 24.0 Å². The zero-order chi connectivity index (χ0) is 19.6. The Labute approximate surface area is 185 Å². The first-order valence-corrected chi connectivity index (χ1v) is 9.64. The highest BCUT2D eigenvalue weighted by Crippen LogP contribution is 2.27. The topological polar surface area (TPSA) is 75.2 Å². The highest BCUT2D eigenvalue weighted by Gasteiger charge is 2.25. The molecule has 0 aromatic heterocycles. The van der Waals surface area contributed by atoms with Gasteiger partial charge in [0.2, 0.25) is 5.91 Å². The minimum atomic E-state index is 0. The standard InChI is InChI=1S/C20H32N4O3.HI/c1-5-19(25)24-12-10-16(14-24)23-20(21-6-2)22-11-9-15-7-8-17(26-3)18(13-15)27-4;/h7-8,13,16H,5-6,9-12,14H2,1-4H3,(H2,21,22,23);1H. The molecule has 1 unspecified atom stereocenters. The van der Waals surface area contributed by atoms with Gasteiger partial charge in [0.15, 0.2) is 17.5 Å². The number of carbonyl (C=O) groups is 1. The normalized spacial score (nSPS) is 16.4. The minimum absolute atomic E-state index is 0. The lowest BCUT2D eigenvalue weighted by molar-refractivity contribution is -0.129. The molecule has 28 heavy (non-hydrogen) atoms. The van der Waals surface area contributed by atoms with E-state index in [1.807, 2.05) is 36.9 Å². The summed E-state index contributed by atoms with van der Waals surface area (Å²) in [5, 5.41) is 6.74. The number of rotatable bonds is 8. The summed E-state index contributed by atoms with van der Waals surface area (Å²) in [4.78, 5) is 18.4. The van der Waals surface area contributed by atoms with Gasteiger partial charge in [-0.1, -0.05) is 13.0 Å². The average Bonchev–Trinajstić information content (AvgIpc) is 3.15. The number of hydrogen-bond donors (Lipinski definition) is 2. The maximum absolute atomic E-state index is 11.8. The quantitative estimate of drug-likeness (QED) is 0.323. The molecule has 1 aliphatic heterocycles. The Morgan fingerprint density at radius 2 is 2.00 bits per heavy atom. The Balaban J connectivity index is 0.00000392. The van der Waals surface area contributed by atoms with Gasteiger partial charge in [0.25, 0.3) is 0 Å². The van der Waals surface area contributed by atoms with Gasteiger partial charge in [-0.3, -0.25) is 9.79 Å². The van der Waals surface area contributed by atoms with E-state index >= 15 is 0 Å². The predicted octanol–water partition coefficient (Wildman–Crippen LogP) is 2.43. The number of hydrogen-bond acceptors (Lipinski definition) is 4. The lowest BCUT2D eigenvalue weighted by Crippen LogP contribution is -2.45. The van der Waals surface area contributed by atoms with E-state index < -0.39 is 0 Å². The van der Waals surface area contributed by atoms with Gasteiger partial charge in [0.1, 0.15) is 0 Å². The molecular formula is C20H33IN4O3. The number of likely N-dealkylation sites (tertiary alicyclic amines) is 1. The van der Waals surface area contributed by atoms with Crippen LogP contribution in [-0.4, -0.2) is 63.2 Å². The Kier molecular flexibility index (Phi) is 11.0. The number of halogens is 1. The summed E-state index contributed by atoms with van der Waals surface area (Å²) < 4.78 is 10.6. The van der Waals surface area contributed by atoms with Gasteiger partial charge in [0, 0.05) is 38.6 Å². The molecule has 0 saturated carbocycles. The molecule has 1 atom stereocenters. The van der Waals surface area contributed by atoms with Crippen LogP contribution in [0.15, 0.2) is 23.2 Å². The smallest absolute Gasteiger partial charge is 0.222 e. The molecule has 0 spiro atoms. The Hall–Kier alpha value is -1.71. The molecule has 1 heterocycles. The van der Waals surface area contributed by atoms with Crippen molar-refractivity contribution in [3.63, 3.8) is 0 Å². The SMILES string of the molecule is CCNC(=NCCc1ccc(OC)c(OC)c1)NC1CCN(C(=O)CC)C1.I. The fourth-order valence-corrected chi connectivity index (χ4v) is 3.17. The molecule has 1 amide bonds.